The number of ether oxygens (including phenoxy) is 1. The molecule has 31 heavy (non-hydrogen) atoms. The van der Waals surface area contributed by atoms with Crippen molar-refractivity contribution < 1.29 is 9.53 Å². The first-order chi connectivity index (χ1) is 15.2. The summed E-state index contributed by atoms with van der Waals surface area (Å²) < 4.78 is 8.81. The normalized spacial score (nSPS) is 10.8. The number of amides is 1. The number of hydrogen-bond acceptors (Lipinski definition) is 5. The topological polar surface area (TPSA) is 86.9 Å². The summed E-state index contributed by atoms with van der Waals surface area (Å²) in [7, 11) is 1.64. The molecule has 2 aromatic carbocycles. The highest BCUT2D eigenvalue weighted by molar-refractivity contribution is 5.94. The molecule has 4 aromatic rings. The van der Waals surface area contributed by atoms with Crippen LogP contribution in [-0.4, -0.2) is 44.1 Å². The molecule has 0 aliphatic rings. The Kier molecular flexibility index (Phi) is 6.07. The van der Waals surface area contributed by atoms with E-state index in [9.17, 15) is 4.79 Å². The van der Waals surface area contributed by atoms with E-state index in [2.05, 4.69) is 20.5 Å². The van der Waals surface area contributed by atoms with E-state index in [1.807, 2.05) is 61.7 Å². The fraction of sp³-hybridized carbons (Fsp3) is 0.217. The largest absolute Gasteiger partial charge is 0.497 e. The predicted octanol–water partition coefficient (Wildman–Crippen LogP) is 3.13. The molecule has 0 fully saturated rings. The molecule has 0 saturated carbocycles. The SMILES string of the molecule is CCc1nc(-c2ccc(OC)cc2)n(-c2cccc(C(=O)NCCn3cccn3)c2)n1. The minimum absolute atomic E-state index is 0.143. The van der Waals surface area contributed by atoms with Crippen molar-refractivity contribution in [1.29, 1.82) is 0 Å². The van der Waals surface area contributed by atoms with E-state index in [1.54, 1.807) is 28.7 Å². The Hall–Kier alpha value is -3.94. The summed E-state index contributed by atoms with van der Waals surface area (Å²) in [5.41, 5.74) is 2.26. The minimum atomic E-state index is -0.143. The monoisotopic (exact) mass is 416 g/mol. The summed E-state index contributed by atoms with van der Waals surface area (Å²) in [5.74, 6) is 2.09. The number of methoxy groups -OCH3 is 1. The van der Waals surface area contributed by atoms with Gasteiger partial charge in [-0.05, 0) is 48.5 Å². The van der Waals surface area contributed by atoms with Crippen LogP contribution in [0.2, 0.25) is 0 Å². The van der Waals surface area contributed by atoms with Gasteiger partial charge < -0.3 is 10.1 Å². The number of nitrogens with one attached hydrogen (secondary N) is 1. The first-order valence-electron chi connectivity index (χ1n) is 10.1. The van der Waals surface area contributed by atoms with Gasteiger partial charge in [-0.3, -0.25) is 9.48 Å². The molecule has 8 heteroatoms. The highest BCUT2D eigenvalue weighted by atomic mass is 16.5. The third-order valence-corrected chi connectivity index (χ3v) is 4.85. The quantitative estimate of drug-likeness (QED) is 0.477. The van der Waals surface area contributed by atoms with E-state index in [4.69, 9.17) is 4.74 Å². The molecular formula is C23H24N6O2. The van der Waals surface area contributed by atoms with Gasteiger partial charge in [0.05, 0.1) is 19.3 Å². The molecule has 0 atom stereocenters. The molecule has 0 aliphatic carbocycles. The van der Waals surface area contributed by atoms with Crippen molar-refractivity contribution in [1.82, 2.24) is 29.9 Å². The average molecular weight is 416 g/mol. The zero-order valence-electron chi connectivity index (χ0n) is 17.5. The van der Waals surface area contributed by atoms with Crippen molar-refractivity contribution in [2.75, 3.05) is 13.7 Å². The molecule has 0 radical (unpaired) electrons. The zero-order chi connectivity index (χ0) is 21.6. The van der Waals surface area contributed by atoms with Crippen molar-refractivity contribution >= 4 is 5.91 Å². The molecule has 0 spiro atoms. The Bertz CT molecular complexity index is 1150. The number of carbonyl (C=O) groups excluding carboxylic acids is 1. The summed E-state index contributed by atoms with van der Waals surface area (Å²) in [6.45, 7) is 3.12. The van der Waals surface area contributed by atoms with Crippen molar-refractivity contribution in [3.05, 3.63) is 78.4 Å². The Morgan fingerprint density at radius 3 is 2.68 bits per heavy atom. The maximum Gasteiger partial charge on any atom is 0.251 e. The van der Waals surface area contributed by atoms with Gasteiger partial charge in [0.2, 0.25) is 0 Å². The van der Waals surface area contributed by atoms with Crippen LogP contribution in [0.4, 0.5) is 0 Å². The molecule has 1 amide bonds. The molecule has 8 nitrogen and oxygen atoms in total. The lowest BCUT2D eigenvalue weighted by Crippen LogP contribution is -2.27. The summed E-state index contributed by atoms with van der Waals surface area (Å²) in [5, 5.41) is 11.7. The van der Waals surface area contributed by atoms with Crippen LogP contribution < -0.4 is 10.1 Å². The number of aromatic nitrogens is 5. The Morgan fingerprint density at radius 2 is 1.97 bits per heavy atom. The lowest BCUT2D eigenvalue weighted by molar-refractivity contribution is 0.0952. The molecule has 0 unspecified atom stereocenters. The predicted molar refractivity (Wildman–Crippen MR) is 117 cm³/mol. The number of rotatable bonds is 8. The minimum Gasteiger partial charge on any atom is -0.497 e. The standard InChI is InChI=1S/C23H24N6O2/c1-3-21-26-22(17-8-10-20(31-2)11-9-17)29(27-21)19-7-4-6-18(16-19)23(30)24-13-15-28-14-5-12-25-28/h4-12,14,16H,3,13,15H2,1-2H3,(H,24,30). The van der Waals surface area contributed by atoms with Crippen LogP contribution in [0.3, 0.4) is 0 Å². The summed E-state index contributed by atoms with van der Waals surface area (Å²) >= 11 is 0. The second-order valence-corrected chi connectivity index (χ2v) is 6.92. The fourth-order valence-electron chi connectivity index (χ4n) is 3.21. The first-order valence-corrected chi connectivity index (χ1v) is 10.1. The van der Waals surface area contributed by atoms with Gasteiger partial charge in [0.15, 0.2) is 11.6 Å². The van der Waals surface area contributed by atoms with Gasteiger partial charge in [0.1, 0.15) is 5.75 Å². The Morgan fingerprint density at radius 1 is 1.13 bits per heavy atom. The maximum absolute atomic E-state index is 12.6. The molecule has 158 valence electrons. The molecular weight excluding hydrogens is 392 g/mol. The van der Waals surface area contributed by atoms with Crippen LogP contribution in [0.1, 0.15) is 23.1 Å². The molecule has 1 N–H and O–H groups in total. The van der Waals surface area contributed by atoms with Crippen LogP contribution in [0.5, 0.6) is 5.75 Å². The van der Waals surface area contributed by atoms with E-state index < -0.39 is 0 Å². The van der Waals surface area contributed by atoms with E-state index in [0.29, 0.717) is 25.1 Å². The van der Waals surface area contributed by atoms with Gasteiger partial charge in [-0.25, -0.2) is 9.67 Å². The number of hydrogen-bond donors (Lipinski definition) is 1. The van der Waals surface area contributed by atoms with Crippen molar-refractivity contribution in [3.8, 4) is 22.8 Å². The summed E-state index contributed by atoms with van der Waals surface area (Å²) in [4.78, 5) is 17.3. The first kappa shape index (κ1) is 20.3. The van der Waals surface area contributed by atoms with Crippen molar-refractivity contribution in [2.45, 2.75) is 19.9 Å². The van der Waals surface area contributed by atoms with Crippen LogP contribution in [-0.2, 0) is 13.0 Å². The third kappa shape index (κ3) is 4.63. The Labute approximate surface area is 180 Å². The maximum atomic E-state index is 12.6. The van der Waals surface area contributed by atoms with Gasteiger partial charge in [-0.1, -0.05) is 13.0 Å². The molecule has 2 aromatic heterocycles. The van der Waals surface area contributed by atoms with Crippen LogP contribution in [0.15, 0.2) is 67.0 Å². The Balaban J connectivity index is 1.57. The third-order valence-electron chi connectivity index (χ3n) is 4.85. The van der Waals surface area contributed by atoms with Gasteiger partial charge in [0.25, 0.3) is 5.91 Å². The van der Waals surface area contributed by atoms with Gasteiger partial charge in [-0.2, -0.15) is 10.2 Å². The number of carbonyl (C=O) groups is 1. The second-order valence-electron chi connectivity index (χ2n) is 6.92. The van der Waals surface area contributed by atoms with E-state index in [1.165, 1.54) is 0 Å². The highest BCUT2D eigenvalue weighted by Crippen LogP contribution is 2.24. The number of aryl methyl sites for hydroxylation is 1. The molecule has 0 bridgehead atoms. The fourth-order valence-corrected chi connectivity index (χ4v) is 3.21. The lowest BCUT2D eigenvalue weighted by atomic mass is 10.1. The number of nitrogens with zero attached hydrogens (tertiary/aromatic N) is 5. The van der Waals surface area contributed by atoms with Gasteiger partial charge in [-0.15, -0.1) is 0 Å². The molecule has 4 rings (SSSR count). The van der Waals surface area contributed by atoms with E-state index in [0.717, 1.165) is 28.6 Å². The second kappa shape index (κ2) is 9.25. The van der Waals surface area contributed by atoms with Gasteiger partial charge >= 0.3 is 0 Å². The van der Waals surface area contributed by atoms with Gasteiger partial charge in [0, 0.05) is 36.5 Å². The highest BCUT2D eigenvalue weighted by Gasteiger charge is 2.15. The van der Waals surface area contributed by atoms with Crippen LogP contribution in [0, 0.1) is 0 Å². The van der Waals surface area contributed by atoms with Crippen molar-refractivity contribution in [2.24, 2.45) is 0 Å². The number of benzene rings is 2. The van der Waals surface area contributed by atoms with E-state index in [-0.39, 0.29) is 5.91 Å². The lowest BCUT2D eigenvalue weighted by Gasteiger charge is -2.09. The average Bonchev–Trinajstić information content (AvgIpc) is 3.49. The smallest absolute Gasteiger partial charge is 0.251 e. The molecule has 0 saturated heterocycles. The summed E-state index contributed by atoms with van der Waals surface area (Å²) in [6, 6.07) is 16.9. The van der Waals surface area contributed by atoms with Crippen LogP contribution in [0.25, 0.3) is 17.1 Å². The molecule has 2 heterocycles. The zero-order valence-corrected chi connectivity index (χ0v) is 17.5. The molecule has 0 aliphatic heterocycles. The van der Waals surface area contributed by atoms with E-state index >= 15 is 0 Å². The summed E-state index contributed by atoms with van der Waals surface area (Å²) in [6.07, 6.45) is 4.29. The van der Waals surface area contributed by atoms with Crippen molar-refractivity contribution in [3.63, 3.8) is 0 Å². The van der Waals surface area contributed by atoms with Crippen LogP contribution >= 0.6 is 0 Å².